The van der Waals surface area contributed by atoms with E-state index in [-0.39, 0.29) is 11.9 Å². The molecular weight excluding hydrogens is 286 g/mol. The zero-order valence-corrected chi connectivity index (χ0v) is 13.9. The molecule has 0 aliphatic rings. The first-order valence-corrected chi connectivity index (χ1v) is 8.43. The first kappa shape index (κ1) is 17.2. The summed E-state index contributed by atoms with van der Waals surface area (Å²) in [5.41, 5.74) is 1.01. The first-order valence-electron chi connectivity index (χ1n) is 8.43. The Labute approximate surface area is 138 Å². The molecule has 0 bridgehead atoms. The quantitative estimate of drug-likeness (QED) is 0.399. The van der Waals surface area contributed by atoms with Gasteiger partial charge in [-0.3, -0.25) is 4.79 Å². The van der Waals surface area contributed by atoms with Crippen LogP contribution in [0.4, 0.5) is 0 Å². The van der Waals surface area contributed by atoms with Gasteiger partial charge in [0.15, 0.2) is 12.4 Å². The predicted octanol–water partition coefficient (Wildman–Crippen LogP) is 3.88. The third kappa shape index (κ3) is 6.23. The topological polar surface area (TPSA) is 30.2 Å². The fourth-order valence-electron chi connectivity index (χ4n) is 2.51. The van der Waals surface area contributed by atoms with Crippen LogP contribution >= 0.6 is 0 Å². The maximum absolute atomic E-state index is 12.0. The number of carbonyl (C=O) groups excluding carboxylic acids is 1. The van der Waals surface area contributed by atoms with Gasteiger partial charge in [-0.2, -0.15) is 0 Å². The van der Waals surface area contributed by atoms with Crippen LogP contribution in [0.3, 0.4) is 0 Å². The summed E-state index contributed by atoms with van der Waals surface area (Å²) in [5.74, 6) is -0.318. The van der Waals surface area contributed by atoms with Gasteiger partial charge < -0.3 is 4.74 Å². The van der Waals surface area contributed by atoms with Crippen molar-refractivity contribution in [2.45, 2.75) is 45.1 Å². The van der Waals surface area contributed by atoms with Gasteiger partial charge in [-0.15, -0.1) is 0 Å². The molecule has 122 valence electrons. The molecule has 1 heterocycles. The van der Waals surface area contributed by atoms with Crippen LogP contribution in [-0.2, 0) is 16.1 Å². The summed E-state index contributed by atoms with van der Waals surface area (Å²) in [6, 6.07) is 15.9. The summed E-state index contributed by atoms with van der Waals surface area (Å²) in [6.07, 6.45) is 8.53. The molecule has 23 heavy (non-hydrogen) atoms. The number of aryl methyl sites for hydroxylation is 1. The lowest BCUT2D eigenvalue weighted by Gasteiger charge is -2.11. The van der Waals surface area contributed by atoms with Crippen molar-refractivity contribution < 1.29 is 14.1 Å². The van der Waals surface area contributed by atoms with Crippen LogP contribution in [0, 0.1) is 0 Å². The first-order chi connectivity index (χ1) is 11.3. The molecule has 0 aliphatic carbocycles. The minimum Gasteiger partial charge on any atom is -0.465 e. The zero-order chi connectivity index (χ0) is 16.3. The molecule has 3 heteroatoms. The fraction of sp³-hybridized carbons (Fsp3) is 0.400. The minimum absolute atomic E-state index is 0.129. The number of rotatable bonds is 9. The van der Waals surface area contributed by atoms with Gasteiger partial charge in [0.05, 0.1) is 12.5 Å². The molecule has 1 atom stereocenters. The van der Waals surface area contributed by atoms with Gasteiger partial charge in [-0.25, -0.2) is 4.57 Å². The van der Waals surface area contributed by atoms with Crippen molar-refractivity contribution in [3.8, 4) is 0 Å². The Bertz CT molecular complexity index is 569. The Morgan fingerprint density at radius 3 is 2.35 bits per heavy atom. The van der Waals surface area contributed by atoms with Crippen molar-refractivity contribution in [1.82, 2.24) is 0 Å². The van der Waals surface area contributed by atoms with Gasteiger partial charge >= 0.3 is 5.97 Å². The van der Waals surface area contributed by atoms with E-state index >= 15 is 0 Å². The molecule has 1 aromatic carbocycles. The van der Waals surface area contributed by atoms with Crippen LogP contribution in [-0.4, -0.2) is 12.6 Å². The molecule has 0 saturated heterocycles. The molecule has 2 aromatic rings. The van der Waals surface area contributed by atoms with Crippen molar-refractivity contribution in [3.63, 3.8) is 0 Å². The van der Waals surface area contributed by atoms with E-state index in [1.54, 1.807) is 0 Å². The van der Waals surface area contributed by atoms with Crippen LogP contribution in [0.25, 0.3) is 0 Å². The molecule has 0 aliphatic heterocycles. The second-order valence-corrected chi connectivity index (χ2v) is 5.83. The summed E-state index contributed by atoms with van der Waals surface area (Å²) < 4.78 is 7.57. The summed E-state index contributed by atoms with van der Waals surface area (Å²) in [7, 11) is 0. The van der Waals surface area contributed by atoms with Crippen LogP contribution < -0.4 is 4.57 Å². The van der Waals surface area contributed by atoms with Gasteiger partial charge in [0, 0.05) is 18.6 Å². The number of aromatic nitrogens is 1. The standard InChI is InChI=1S/C20H26NO2/c1-18(19-12-6-4-7-13-19)20(22)23-17-11-3-2-8-14-21-15-9-5-10-16-21/h4-7,9-10,12-13,15-16,18H,2-3,8,11,14,17H2,1H3/q+1/t18-/m1/s1. The number of unbranched alkanes of at least 4 members (excludes halogenated alkanes) is 3. The summed E-state index contributed by atoms with van der Waals surface area (Å²) in [6.45, 7) is 3.47. The number of carbonyl (C=O) groups is 1. The highest BCUT2D eigenvalue weighted by Crippen LogP contribution is 2.16. The maximum atomic E-state index is 12.0. The largest absolute Gasteiger partial charge is 0.465 e. The Kier molecular flexibility index (Phi) is 7.31. The summed E-state index contributed by atoms with van der Waals surface area (Å²) >= 11 is 0. The number of nitrogens with zero attached hydrogens (tertiary/aromatic N) is 1. The third-order valence-electron chi connectivity index (χ3n) is 3.99. The molecule has 0 N–H and O–H groups in total. The monoisotopic (exact) mass is 312 g/mol. The van der Waals surface area contributed by atoms with Gasteiger partial charge in [0.2, 0.25) is 0 Å². The van der Waals surface area contributed by atoms with Gasteiger partial charge in [0.1, 0.15) is 6.54 Å². The Hall–Kier alpha value is -2.16. The molecule has 0 spiro atoms. The number of ether oxygens (including phenoxy) is 1. The van der Waals surface area contributed by atoms with Crippen LogP contribution in [0.15, 0.2) is 60.9 Å². The molecule has 1 aromatic heterocycles. The van der Waals surface area contributed by atoms with Crippen molar-refractivity contribution in [2.75, 3.05) is 6.61 Å². The molecule has 0 amide bonds. The molecule has 0 unspecified atom stereocenters. The van der Waals surface area contributed by atoms with Crippen molar-refractivity contribution in [3.05, 3.63) is 66.5 Å². The fourth-order valence-corrected chi connectivity index (χ4v) is 2.51. The van der Waals surface area contributed by atoms with Crippen molar-refractivity contribution in [2.24, 2.45) is 0 Å². The van der Waals surface area contributed by atoms with E-state index in [4.69, 9.17) is 4.74 Å². The molecule has 0 fully saturated rings. The average molecular weight is 312 g/mol. The predicted molar refractivity (Wildman–Crippen MR) is 90.9 cm³/mol. The van der Waals surface area contributed by atoms with E-state index in [9.17, 15) is 4.79 Å². The van der Waals surface area contributed by atoms with Crippen LogP contribution in [0.2, 0.25) is 0 Å². The highest BCUT2D eigenvalue weighted by molar-refractivity contribution is 5.77. The Balaban J connectivity index is 1.54. The smallest absolute Gasteiger partial charge is 0.313 e. The summed E-state index contributed by atoms with van der Waals surface area (Å²) in [4.78, 5) is 12.0. The van der Waals surface area contributed by atoms with E-state index in [0.717, 1.165) is 37.8 Å². The van der Waals surface area contributed by atoms with E-state index in [0.29, 0.717) is 6.61 Å². The average Bonchev–Trinajstić information content (AvgIpc) is 2.61. The van der Waals surface area contributed by atoms with E-state index < -0.39 is 0 Å². The number of pyridine rings is 1. The van der Waals surface area contributed by atoms with E-state index in [1.165, 1.54) is 0 Å². The minimum atomic E-state index is -0.189. The number of esters is 1. The second kappa shape index (κ2) is 9.78. The lowest BCUT2D eigenvalue weighted by atomic mass is 10.0. The van der Waals surface area contributed by atoms with Crippen LogP contribution in [0.5, 0.6) is 0 Å². The Morgan fingerprint density at radius 2 is 1.61 bits per heavy atom. The van der Waals surface area contributed by atoms with E-state index in [2.05, 4.69) is 17.0 Å². The zero-order valence-electron chi connectivity index (χ0n) is 13.9. The summed E-state index contributed by atoms with van der Waals surface area (Å²) in [5, 5.41) is 0. The lowest BCUT2D eigenvalue weighted by Crippen LogP contribution is -2.32. The van der Waals surface area contributed by atoms with Gasteiger partial charge in [-0.1, -0.05) is 36.4 Å². The number of hydrogen-bond acceptors (Lipinski definition) is 2. The molecule has 0 radical (unpaired) electrons. The third-order valence-corrected chi connectivity index (χ3v) is 3.99. The highest BCUT2D eigenvalue weighted by atomic mass is 16.5. The van der Waals surface area contributed by atoms with E-state index in [1.807, 2.05) is 55.5 Å². The van der Waals surface area contributed by atoms with Crippen molar-refractivity contribution >= 4 is 5.97 Å². The Morgan fingerprint density at radius 1 is 0.957 bits per heavy atom. The second-order valence-electron chi connectivity index (χ2n) is 5.83. The van der Waals surface area contributed by atoms with Gasteiger partial charge in [0.25, 0.3) is 0 Å². The normalized spacial score (nSPS) is 11.9. The highest BCUT2D eigenvalue weighted by Gasteiger charge is 2.15. The van der Waals surface area contributed by atoms with Crippen molar-refractivity contribution in [1.29, 1.82) is 0 Å². The number of benzene rings is 1. The van der Waals surface area contributed by atoms with Gasteiger partial charge in [-0.05, 0) is 31.7 Å². The SMILES string of the molecule is C[C@@H](C(=O)OCCCCCC[n+]1ccccc1)c1ccccc1. The maximum Gasteiger partial charge on any atom is 0.313 e. The molecule has 0 saturated carbocycles. The lowest BCUT2D eigenvalue weighted by molar-refractivity contribution is -0.697. The van der Waals surface area contributed by atoms with Crippen LogP contribution in [0.1, 0.15) is 44.1 Å². The molecule has 2 rings (SSSR count). The molecule has 3 nitrogen and oxygen atoms in total. The molecular formula is C20H26NO2+. The number of hydrogen-bond donors (Lipinski definition) is 0.